The minimum Gasteiger partial charge on any atom is -0.325 e. The van der Waals surface area contributed by atoms with Crippen LogP contribution in [0.3, 0.4) is 0 Å². The maximum absolute atomic E-state index is 14.5. The molecule has 136 valence electrons. The summed E-state index contributed by atoms with van der Waals surface area (Å²) >= 11 is 0. The summed E-state index contributed by atoms with van der Waals surface area (Å²) in [4.78, 5) is 26.0. The first-order chi connectivity index (χ1) is 12.6. The fourth-order valence-electron chi connectivity index (χ4n) is 3.36. The van der Waals surface area contributed by atoms with Gasteiger partial charge in [-0.05, 0) is 36.6 Å². The molecular weight excluding hydrogens is 331 g/mol. The highest BCUT2D eigenvalue weighted by atomic mass is 19.1. The molecule has 5 heteroatoms. The summed E-state index contributed by atoms with van der Waals surface area (Å²) in [5.41, 5.74) is 1.63. The molecule has 1 fully saturated rings. The predicted molar refractivity (Wildman–Crippen MR) is 101 cm³/mol. The summed E-state index contributed by atoms with van der Waals surface area (Å²) in [5.74, 6) is -0.982. The monoisotopic (exact) mass is 354 g/mol. The normalized spacial score (nSPS) is 15.2. The maximum Gasteiger partial charge on any atom is 0.231 e. The van der Waals surface area contributed by atoms with Crippen LogP contribution in [0.1, 0.15) is 44.1 Å². The molecule has 1 aliphatic heterocycles. The molecule has 0 radical (unpaired) electrons. The molecule has 1 N–H and O–H groups in total. The number of rotatable bonds is 6. The summed E-state index contributed by atoms with van der Waals surface area (Å²) in [7, 11) is 0. The highest BCUT2D eigenvalue weighted by Gasteiger charge is 2.25. The van der Waals surface area contributed by atoms with Gasteiger partial charge in [-0.2, -0.15) is 0 Å². The molecule has 26 heavy (non-hydrogen) atoms. The molecule has 1 unspecified atom stereocenters. The van der Waals surface area contributed by atoms with Gasteiger partial charge in [0.15, 0.2) is 0 Å². The lowest BCUT2D eigenvalue weighted by Crippen LogP contribution is -2.25. The fraction of sp³-hybridized carbons (Fsp3) is 0.333. The minimum atomic E-state index is -0.496. The molecule has 0 aromatic heterocycles. The number of benzene rings is 2. The Labute approximate surface area is 153 Å². The van der Waals surface area contributed by atoms with Crippen molar-refractivity contribution in [3.05, 3.63) is 59.9 Å². The number of anilines is 2. The Bertz CT molecular complexity index is 792. The van der Waals surface area contributed by atoms with Crippen molar-refractivity contribution >= 4 is 23.2 Å². The average Bonchev–Trinajstić information content (AvgIpc) is 3.06. The van der Waals surface area contributed by atoms with Crippen molar-refractivity contribution in [3.63, 3.8) is 0 Å². The van der Waals surface area contributed by atoms with Gasteiger partial charge >= 0.3 is 0 Å². The van der Waals surface area contributed by atoms with Crippen molar-refractivity contribution in [1.82, 2.24) is 0 Å². The van der Waals surface area contributed by atoms with E-state index < -0.39 is 5.82 Å². The SMILES string of the molecule is CCCC(C(=O)Nc1ccc(N2CCCC2=O)c(F)c1)c1ccccc1. The summed E-state index contributed by atoms with van der Waals surface area (Å²) < 4.78 is 14.5. The first kappa shape index (κ1) is 18.1. The number of nitrogens with zero attached hydrogens (tertiary/aromatic N) is 1. The summed E-state index contributed by atoms with van der Waals surface area (Å²) in [6.07, 6.45) is 2.79. The second-order valence-electron chi connectivity index (χ2n) is 6.56. The van der Waals surface area contributed by atoms with E-state index in [0.717, 1.165) is 24.8 Å². The van der Waals surface area contributed by atoms with Gasteiger partial charge in [-0.15, -0.1) is 0 Å². The van der Waals surface area contributed by atoms with Crippen molar-refractivity contribution < 1.29 is 14.0 Å². The van der Waals surface area contributed by atoms with Gasteiger partial charge in [0.25, 0.3) is 0 Å². The molecule has 1 saturated heterocycles. The Kier molecular flexibility index (Phi) is 5.66. The van der Waals surface area contributed by atoms with Crippen LogP contribution in [0, 0.1) is 5.82 Å². The number of carbonyl (C=O) groups is 2. The van der Waals surface area contributed by atoms with Crippen LogP contribution < -0.4 is 10.2 Å². The third-order valence-corrected chi connectivity index (χ3v) is 4.68. The van der Waals surface area contributed by atoms with Crippen LogP contribution in [0.5, 0.6) is 0 Å². The molecule has 0 saturated carbocycles. The van der Waals surface area contributed by atoms with E-state index in [2.05, 4.69) is 5.32 Å². The van der Waals surface area contributed by atoms with Gasteiger partial charge in [-0.3, -0.25) is 9.59 Å². The standard InChI is InChI=1S/C21H23FN2O2/c1-2-7-17(15-8-4-3-5-9-15)21(26)23-16-11-12-19(18(22)14-16)24-13-6-10-20(24)25/h3-5,8-9,11-12,14,17H,2,6-7,10,13H2,1H3,(H,23,26). The summed E-state index contributed by atoms with van der Waals surface area (Å²) in [6, 6.07) is 14.1. The van der Waals surface area contributed by atoms with E-state index in [9.17, 15) is 14.0 Å². The Morgan fingerprint density at radius 1 is 1.23 bits per heavy atom. The number of nitrogens with one attached hydrogen (secondary N) is 1. The average molecular weight is 354 g/mol. The van der Waals surface area contributed by atoms with Gasteiger partial charge < -0.3 is 10.2 Å². The molecule has 1 aliphatic rings. The van der Waals surface area contributed by atoms with Gasteiger partial charge in [0.05, 0.1) is 11.6 Å². The molecule has 1 heterocycles. The second-order valence-corrected chi connectivity index (χ2v) is 6.56. The number of halogens is 1. The van der Waals surface area contributed by atoms with Crippen LogP contribution in [0.4, 0.5) is 15.8 Å². The van der Waals surface area contributed by atoms with E-state index in [1.165, 1.54) is 11.0 Å². The van der Waals surface area contributed by atoms with E-state index in [1.807, 2.05) is 37.3 Å². The maximum atomic E-state index is 14.5. The predicted octanol–water partition coefficient (Wildman–Crippen LogP) is 4.47. The first-order valence-corrected chi connectivity index (χ1v) is 9.06. The number of amides is 2. The number of hydrogen-bond acceptors (Lipinski definition) is 2. The van der Waals surface area contributed by atoms with E-state index >= 15 is 0 Å². The van der Waals surface area contributed by atoms with E-state index in [1.54, 1.807) is 12.1 Å². The fourth-order valence-corrected chi connectivity index (χ4v) is 3.36. The summed E-state index contributed by atoms with van der Waals surface area (Å²) in [6.45, 7) is 2.57. The van der Waals surface area contributed by atoms with Crippen LogP contribution >= 0.6 is 0 Å². The summed E-state index contributed by atoms with van der Waals surface area (Å²) in [5, 5.41) is 2.81. The quantitative estimate of drug-likeness (QED) is 0.832. The molecule has 2 aromatic carbocycles. The molecule has 3 rings (SSSR count). The van der Waals surface area contributed by atoms with Crippen molar-refractivity contribution in [2.75, 3.05) is 16.8 Å². The van der Waals surface area contributed by atoms with Crippen LogP contribution in [0.25, 0.3) is 0 Å². The molecule has 1 atom stereocenters. The zero-order valence-electron chi connectivity index (χ0n) is 14.9. The lowest BCUT2D eigenvalue weighted by molar-refractivity contribution is -0.118. The molecule has 0 spiro atoms. The smallest absolute Gasteiger partial charge is 0.231 e. The minimum absolute atomic E-state index is 0.0622. The number of carbonyl (C=O) groups excluding carboxylic acids is 2. The lowest BCUT2D eigenvalue weighted by Gasteiger charge is -2.19. The highest BCUT2D eigenvalue weighted by molar-refractivity contribution is 5.97. The zero-order chi connectivity index (χ0) is 18.5. The van der Waals surface area contributed by atoms with E-state index in [4.69, 9.17) is 0 Å². The van der Waals surface area contributed by atoms with Crippen LogP contribution in [0.15, 0.2) is 48.5 Å². The molecule has 0 bridgehead atoms. The van der Waals surface area contributed by atoms with Gasteiger partial charge in [0, 0.05) is 18.7 Å². The zero-order valence-corrected chi connectivity index (χ0v) is 14.9. The van der Waals surface area contributed by atoms with Crippen LogP contribution in [-0.2, 0) is 9.59 Å². The van der Waals surface area contributed by atoms with Crippen LogP contribution in [-0.4, -0.2) is 18.4 Å². The Morgan fingerprint density at radius 2 is 2.00 bits per heavy atom. The largest absolute Gasteiger partial charge is 0.325 e. The van der Waals surface area contributed by atoms with Gasteiger partial charge in [0.2, 0.25) is 11.8 Å². The third kappa shape index (κ3) is 3.93. The molecule has 2 aromatic rings. The topological polar surface area (TPSA) is 49.4 Å². The Balaban J connectivity index is 1.76. The molecule has 0 aliphatic carbocycles. The number of hydrogen-bond donors (Lipinski definition) is 1. The molecule has 2 amide bonds. The van der Waals surface area contributed by atoms with E-state index in [-0.39, 0.29) is 23.4 Å². The molecule has 4 nitrogen and oxygen atoms in total. The van der Waals surface area contributed by atoms with Gasteiger partial charge in [0.1, 0.15) is 5.82 Å². The van der Waals surface area contributed by atoms with Crippen LogP contribution in [0.2, 0.25) is 0 Å². The lowest BCUT2D eigenvalue weighted by atomic mass is 9.93. The van der Waals surface area contributed by atoms with Crippen molar-refractivity contribution in [2.45, 2.75) is 38.5 Å². The van der Waals surface area contributed by atoms with Gasteiger partial charge in [-0.1, -0.05) is 43.7 Å². The Hall–Kier alpha value is -2.69. The van der Waals surface area contributed by atoms with Gasteiger partial charge in [-0.25, -0.2) is 4.39 Å². The van der Waals surface area contributed by atoms with E-state index in [0.29, 0.717) is 18.7 Å². The van der Waals surface area contributed by atoms with Crippen molar-refractivity contribution in [1.29, 1.82) is 0 Å². The van der Waals surface area contributed by atoms with Crippen molar-refractivity contribution in [2.24, 2.45) is 0 Å². The molecular formula is C21H23FN2O2. The first-order valence-electron chi connectivity index (χ1n) is 9.06. The third-order valence-electron chi connectivity index (χ3n) is 4.68. The van der Waals surface area contributed by atoms with Crippen molar-refractivity contribution in [3.8, 4) is 0 Å². The Morgan fingerprint density at radius 3 is 2.62 bits per heavy atom. The highest BCUT2D eigenvalue weighted by Crippen LogP contribution is 2.28. The second kappa shape index (κ2) is 8.13.